The van der Waals surface area contributed by atoms with Gasteiger partial charge in [-0.3, -0.25) is 4.79 Å². The Bertz CT molecular complexity index is 488. The van der Waals surface area contributed by atoms with Crippen LogP contribution >= 0.6 is 0 Å². The Balaban J connectivity index is 2.69. The highest BCUT2D eigenvalue weighted by molar-refractivity contribution is 5.85. The molecule has 1 rings (SSSR count). The molecule has 0 saturated carbocycles. The largest absolute Gasteiger partial charge is 0.497 e. The molecule has 0 spiro atoms. The van der Waals surface area contributed by atoms with Crippen LogP contribution in [0.1, 0.15) is 33.3 Å². The predicted molar refractivity (Wildman–Crippen MR) is 80.5 cm³/mol. The number of methoxy groups -OCH3 is 1. The maximum atomic E-state index is 11.8. The molecule has 0 aliphatic rings. The molecule has 0 saturated heterocycles. The molecule has 0 radical (unpaired) electrons. The minimum atomic E-state index is -0.603. The summed E-state index contributed by atoms with van der Waals surface area (Å²) in [5.74, 6) is 0.634. The van der Waals surface area contributed by atoms with Crippen LogP contribution in [0.5, 0.6) is 5.75 Å². The molecule has 1 amide bonds. The molecule has 1 atom stereocenters. The summed E-state index contributed by atoms with van der Waals surface area (Å²) in [5, 5.41) is 2.61. The van der Waals surface area contributed by atoms with Crippen LogP contribution in [0.15, 0.2) is 24.3 Å². The number of nitrogens with one attached hydrogen (secondary N) is 1. The van der Waals surface area contributed by atoms with Crippen molar-refractivity contribution < 1.29 is 19.1 Å². The average Bonchev–Trinajstić information content (AvgIpc) is 2.36. The van der Waals surface area contributed by atoms with E-state index in [2.05, 4.69) is 5.32 Å². The van der Waals surface area contributed by atoms with Crippen LogP contribution in [0.2, 0.25) is 0 Å². The third-order valence-corrected chi connectivity index (χ3v) is 2.78. The van der Waals surface area contributed by atoms with E-state index in [9.17, 15) is 9.59 Å². The fraction of sp³-hybridized carbons (Fsp3) is 0.500. The number of amides is 1. The summed E-state index contributed by atoms with van der Waals surface area (Å²) in [5.41, 5.74) is 0.345. The minimum absolute atomic E-state index is 0.114. The van der Waals surface area contributed by atoms with Crippen LogP contribution in [0, 0.1) is 0 Å². The maximum absolute atomic E-state index is 11.8. The number of Topliss-reactive ketones (excluding diaryl/α,β-unsaturated/α-hetero) is 1. The quantitative estimate of drug-likeness (QED) is 0.906. The molecule has 1 N–H and O–H groups in total. The van der Waals surface area contributed by atoms with Gasteiger partial charge in [0.05, 0.1) is 13.2 Å². The third kappa shape index (κ3) is 6.29. The molecule has 116 valence electrons. The van der Waals surface area contributed by atoms with Crippen molar-refractivity contribution in [1.29, 1.82) is 0 Å². The first kappa shape index (κ1) is 17.0. The molecule has 0 aliphatic carbocycles. The van der Waals surface area contributed by atoms with Gasteiger partial charge in [0.15, 0.2) is 5.78 Å². The van der Waals surface area contributed by atoms with Crippen LogP contribution in [0.4, 0.5) is 4.79 Å². The van der Waals surface area contributed by atoms with E-state index in [0.717, 1.165) is 11.3 Å². The van der Waals surface area contributed by atoms with Crippen molar-refractivity contribution in [1.82, 2.24) is 5.32 Å². The van der Waals surface area contributed by atoms with Gasteiger partial charge in [-0.15, -0.1) is 0 Å². The SMILES string of the molecule is COc1ccc(C[C@H](NC(=O)OC(C)(C)C)C(C)=O)cc1. The van der Waals surface area contributed by atoms with Gasteiger partial charge >= 0.3 is 6.09 Å². The van der Waals surface area contributed by atoms with E-state index in [1.807, 2.05) is 24.3 Å². The first-order valence-electron chi connectivity index (χ1n) is 6.84. The van der Waals surface area contributed by atoms with Gasteiger partial charge in [-0.25, -0.2) is 4.79 Å². The summed E-state index contributed by atoms with van der Waals surface area (Å²) in [6, 6.07) is 6.77. The topological polar surface area (TPSA) is 64.6 Å². The van der Waals surface area contributed by atoms with Crippen molar-refractivity contribution in [3.8, 4) is 5.75 Å². The minimum Gasteiger partial charge on any atom is -0.497 e. The standard InChI is InChI=1S/C16H23NO4/c1-11(18)14(17-15(19)21-16(2,3)4)10-12-6-8-13(20-5)9-7-12/h6-9,14H,10H2,1-5H3,(H,17,19)/t14-/m0/s1. The fourth-order valence-corrected chi connectivity index (χ4v) is 1.74. The predicted octanol–water partition coefficient (Wildman–Crippen LogP) is 2.72. The van der Waals surface area contributed by atoms with E-state index in [1.165, 1.54) is 6.92 Å². The van der Waals surface area contributed by atoms with Crippen molar-refractivity contribution >= 4 is 11.9 Å². The number of ether oxygens (including phenoxy) is 2. The average molecular weight is 293 g/mol. The highest BCUT2D eigenvalue weighted by Gasteiger charge is 2.22. The Morgan fingerprint density at radius 2 is 1.76 bits per heavy atom. The summed E-state index contributed by atoms with van der Waals surface area (Å²) in [6.07, 6.45) is -0.172. The van der Waals surface area contributed by atoms with Gasteiger partial charge in [0.25, 0.3) is 0 Å². The number of hydrogen-bond acceptors (Lipinski definition) is 4. The number of carbonyl (C=O) groups excluding carboxylic acids is 2. The van der Waals surface area contributed by atoms with E-state index in [4.69, 9.17) is 9.47 Å². The van der Waals surface area contributed by atoms with Crippen molar-refractivity contribution in [3.05, 3.63) is 29.8 Å². The van der Waals surface area contributed by atoms with Crippen molar-refractivity contribution in [3.63, 3.8) is 0 Å². The monoisotopic (exact) mass is 293 g/mol. The van der Waals surface area contributed by atoms with Gasteiger partial charge in [-0.1, -0.05) is 12.1 Å². The Morgan fingerprint density at radius 3 is 2.19 bits per heavy atom. The number of alkyl carbamates (subject to hydrolysis) is 1. The van der Waals surface area contributed by atoms with Crippen LogP contribution in [-0.4, -0.2) is 30.6 Å². The van der Waals surface area contributed by atoms with Crippen LogP contribution in [-0.2, 0) is 16.0 Å². The zero-order valence-electron chi connectivity index (χ0n) is 13.2. The van der Waals surface area contributed by atoms with E-state index in [-0.39, 0.29) is 5.78 Å². The smallest absolute Gasteiger partial charge is 0.408 e. The lowest BCUT2D eigenvalue weighted by atomic mass is 10.0. The van der Waals surface area contributed by atoms with Gasteiger partial charge < -0.3 is 14.8 Å². The van der Waals surface area contributed by atoms with Crippen LogP contribution < -0.4 is 10.1 Å². The van der Waals surface area contributed by atoms with Crippen LogP contribution in [0.3, 0.4) is 0 Å². The Morgan fingerprint density at radius 1 is 1.19 bits per heavy atom. The number of ketones is 1. The van der Waals surface area contributed by atoms with E-state index in [0.29, 0.717) is 6.42 Å². The molecule has 0 aliphatic heterocycles. The molecule has 5 nitrogen and oxygen atoms in total. The van der Waals surface area contributed by atoms with Gasteiger partial charge in [-0.2, -0.15) is 0 Å². The van der Waals surface area contributed by atoms with Gasteiger partial charge in [0, 0.05) is 0 Å². The normalized spacial score (nSPS) is 12.4. The van der Waals surface area contributed by atoms with Crippen molar-refractivity contribution in [2.24, 2.45) is 0 Å². The molecule has 1 aromatic rings. The Kier molecular flexibility index (Phi) is 5.76. The lowest BCUT2D eigenvalue weighted by Crippen LogP contribution is -2.43. The second-order valence-corrected chi connectivity index (χ2v) is 5.86. The number of hydrogen-bond donors (Lipinski definition) is 1. The van der Waals surface area contributed by atoms with Gasteiger partial charge in [0.1, 0.15) is 11.4 Å². The Labute approximate surface area is 125 Å². The first-order valence-corrected chi connectivity index (χ1v) is 6.84. The molecule has 0 fully saturated rings. The third-order valence-electron chi connectivity index (χ3n) is 2.78. The number of benzene rings is 1. The second-order valence-electron chi connectivity index (χ2n) is 5.86. The lowest BCUT2D eigenvalue weighted by Gasteiger charge is -2.22. The van der Waals surface area contributed by atoms with E-state index >= 15 is 0 Å². The molecule has 1 aromatic carbocycles. The summed E-state index contributed by atoms with van der Waals surface area (Å²) in [7, 11) is 1.59. The molecular weight excluding hydrogens is 270 g/mol. The summed E-state index contributed by atoms with van der Waals surface area (Å²) >= 11 is 0. The van der Waals surface area contributed by atoms with Crippen molar-refractivity contribution in [2.45, 2.75) is 45.8 Å². The zero-order valence-corrected chi connectivity index (χ0v) is 13.2. The molecule has 0 aromatic heterocycles. The van der Waals surface area contributed by atoms with Crippen LogP contribution in [0.25, 0.3) is 0 Å². The van der Waals surface area contributed by atoms with Crippen molar-refractivity contribution in [2.75, 3.05) is 7.11 Å². The molecule has 21 heavy (non-hydrogen) atoms. The summed E-state index contributed by atoms with van der Waals surface area (Å²) in [6.45, 7) is 6.78. The zero-order chi connectivity index (χ0) is 16.0. The van der Waals surface area contributed by atoms with E-state index in [1.54, 1.807) is 27.9 Å². The number of carbonyl (C=O) groups is 2. The highest BCUT2D eigenvalue weighted by atomic mass is 16.6. The number of rotatable bonds is 5. The molecule has 0 unspecified atom stereocenters. The van der Waals surface area contributed by atoms with Gasteiger partial charge in [-0.05, 0) is 51.8 Å². The molecular formula is C16H23NO4. The first-order chi connectivity index (χ1) is 9.71. The second kappa shape index (κ2) is 7.11. The summed E-state index contributed by atoms with van der Waals surface area (Å²) in [4.78, 5) is 23.4. The van der Waals surface area contributed by atoms with Gasteiger partial charge in [0.2, 0.25) is 0 Å². The lowest BCUT2D eigenvalue weighted by molar-refractivity contribution is -0.119. The molecule has 5 heteroatoms. The van der Waals surface area contributed by atoms with E-state index < -0.39 is 17.7 Å². The highest BCUT2D eigenvalue weighted by Crippen LogP contribution is 2.13. The molecule has 0 bridgehead atoms. The Hall–Kier alpha value is -2.04. The molecule has 0 heterocycles. The summed E-state index contributed by atoms with van der Waals surface area (Å²) < 4.78 is 10.3. The fourth-order valence-electron chi connectivity index (χ4n) is 1.74. The maximum Gasteiger partial charge on any atom is 0.408 e.